The van der Waals surface area contributed by atoms with Crippen molar-refractivity contribution in [1.29, 1.82) is 0 Å². The van der Waals surface area contributed by atoms with Gasteiger partial charge in [-0.3, -0.25) is 9.59 Å². The Labute approximate surface area is 127 Å². The second kappa shape index (κ2) is 6.46. The van der Waals surface area contributed by atoms with E-state index in [4.69, 9.17) is 10.8 Å². The van der Waals surface area contributed by atoms with E-state index in [1.54, 1.807) is 0 Å². The predicted molar refractivity (Wildman–Crippen MR) is 79.4 cm³/mol. The second-order valence-corrected chi connectivity index (χ2v) is 6.06. The Morgan fingerprint density at radius 2 is 2.05 bits per heavy atom. The number of carbonyl (C=O) groups is 2. The molecular formula is C17H24O4. The smallest absolute Gasteiger partial charge is 0.320 e. The highest BCUT2D eigenvalue weighted by Crippen LogP contribution is 2.46. The summed E-state index contributed by atoms with van der Waals surface area (Å²) in [6.07, 6.45) is 9.89. The highest BCUT2D eigenvalue weighted by atomic mass is 16.5. The summed E-state index contributed by atoms with van der Waals surface area (Å²) in [5.41, 5.74) is 1.26. The molecule has 0 N–H and O–H groups in total. The Morgan fingerprint density at radius 1 is 1.38 bits per heavy atom. The van der Waals surface area contributed by atoms with Crippen molar-refractivity contribution >= 4 is 11.9 Å². The lowest BCUT2D eigenvalue weighted by Crippen LogP contribution is -2.31. The van der Waals surface area contributed by atoms with Crippen molar-refractivity contribution in [3.63, 3.8) is 0 Å². The van der Waals surface area contributed by atoms with E-state index < -0.39 is 23.8 Å². The maximum atomic E-state index is 11.8. The van der Waals surface area contributed by atoms with Crippen LogP contribution < -0.4 is 0 Å². The van der Waals surface area contributed by atoms with Gasteiger partial charge >= 0.3 is 11.9 Å². The van der Waals surface area contributed by atoms with Crippen molar-refractivity contribution in [2.45, 2.75) is 39.0 Å². The largest absolute Gasteiger partial charge is 0.468 e. The van der Waals surface area contributed by atoms with E-state index in [-0.39, 0.29) is 11.8 Å². The Kier molecular flexibility index (Phi) is 4.42. The highest BCUT2D eigenvalue weighted by Gasteiger charge is 2.37. The Morgan fingerprint density at radius 3 is 2.67 bits per heavy atom. The van der Waals surface area contributed by atoms with Gasteiger partial charge in [0.1, 0.15) is 0 Å². The summed E-state index contributed by atoms with van der Waals surface area (Å²) in [5, 5.41) is 0. The lowest BCUT2D eigenvalue weighted by Gasteiger charge is -2.39. The summed E-state index contributed by atoms with van der Waals surface area (Å²) in [5.74, 6) is -3.25. The standard InChI is InChI=1S/C17H24O4/c1-17-8-5-4-6-13(17)10-12(7-9-17)11-14(15(18)20-2)16(19)21-3/h4,6,10,12,14H,5,7-9,11H2,1-3H3/t12-,17-/m0/s1/i12D. The molecule has 0 aromatic rings. The van der Waals surface area contributed by atoms with Crippen LogP contribution in [0.25, 0.3) is 0 Å². The quantitative estimate of drug-likeness (QED) is 0.590. The fourth-order valence-electron chi connectivity index (χ4n) is 3.15. The number of methoxy groups -OCH3 is 2. The zero-order chi connectivity index (χ0) is 16.4. The van der Waals surface area contributed by atoms with Crippen LogP contribution in [0.5, 0.6) is 0 Å². The first kappa shape index (κ1) is 14.4. The Balaban J connectivity index is 2.25. The van der Waals surface area contributed by atoms with Gasteiger partial charge in [0, 0.05) is 1.37 Å². The molecule has 116 valence electrons. The number of rotatable bonds is 4. The number of hydrogen-bond acceptors (Lipinski definition) is 4. The molecule has 0 saturated heterocycles. The van der Waals surface area contributed by atoms with Gasteiger partial charge in [0.05, 0.1) is 14.2 Å². The van der Waals surface area contributed by atoms with E-state index in [1.807, 2.05) is 6.08 Å². The molecule has 0 aromatic heterocycles. The van der Waals surface area contributed by atoms with Crippen LogP contribution in [0.1, 0.15) is 40.4 Å². The first-order valence-electron chi connectivity index (χ1n) is 7.89. The van der Waals surface area contributed by atoms with Gasteiger partial charge in [-0.25, -0.2) is 0 Å². The number of carbonyl (C=O) groups excluding carboxylic acids is 2. The SMILES string of the molecule is [2H][C@@]1(CC(C(=O)OC)C(=O)OC)C=C2C=CCC[C@@]2(C)CC1. The molecule has 0 aliphatic heterocycles. The highest BCUT2D eigenvalue weighted by molar-refractivity contribution is 5.94. The summed E-state index contributed by atoms with van der Waals surface area (Å²) in [4.78, 5) is 23.7. The topological polar surface area (TPSA) is 52.6 Å². The van der Waals surface area contributed by atoms with Crippen LogP contribution in [0.15, 0.2) is 23.8 Å². The molecule has 0 radical (unpaired) electrons. The minimum absolute atomic E-state index is 0.0970. The fraction of sp³-hybridized carbons (Fsp3) is 0.647. The van der Waals surface area contributed by atoms with Crippen LogP contribution in [-0.2, 0) is 19.1 Å². The zero-order valence-electron chi connectivity index (χ0n) is 14.0. The molecule has 0 saturated carbocycles. The van der Waals surface area contributed by atoms with Crippen molar-refractivity contribution in [3.05, 3.63) is 23.8 Å². The molecule has 4 nitrogen and oxygen atoms in total. The molecule has 0 spiro atoms. The fourth-order valence-corrected chi connectivity index (χ4v) is 3.15. The van der Waals surface area contributed by atoms with Gasteiger partial charge in [-0.1, -0.05) is 25.2 Å². The van der Waals surface area contributed by atoms with Gasteiger partial charge in [0.15, 0.2) is 5.92 Å². The molecule has 21 heavy (non-hydrogen) atoms. The van der Waals surface area contributed by atoms with Crippen LogP contribution in [0.2, 0.25) is 0 Å². The van der Waals surface area contributed by atoms with Crippen molar-refractivity contribution in [3.8, 4) is 0 Å². The second-order valence-electron chi connectivity index (χ2n) is 6.06. The zero-order valence-corrected chi connectivity index (χ0v) is 13.0. The summed E-state index contributed by atoms with van der Waals surface area (Å²) in [6.45, 7) is 2.22. The number of ether oxygens (including phenoxy) is 2. The molecule has 0 heterocycles. The van der Waals surface area contributed by atoms with Crippen molar-refractivity contribution in [2.75, 3.05) is 14.2 Å². The van der Waals surface area contributed by atoms with Crippen molar-refractivity contribution in [2.24, 2.45) is 17.2 Å². The summed E-state index contributed by atoms with van der Waals surface area (Å²) in [7, 11) is 2.49. The summed E-state index contributed by atoms with van der Waals surface area (Å²) < 4.78 is 18.1. The minimum atomic E-state index is -1.04. The first-order valence-corrected chi connectivity index (χ1v) is 7.39. The molecule has 2 aliphatic carbocycles. The monoisotopic (exact) mass is 293 g/mol. The van der Waals surface area contributed by atoms with Crippen molar-refractivity contribution in [1.82, 2.24) is 0 Å². The predicted octanol–water partition coefficient (Wildman–Crippen LogP) is 3.03. The van der Waals surface area contributed by atoms with E-state index in [1.165, 1.54) is 14.2 Å². The average Bonchev–Trinajstić information content (AvgIpc) is 2.52. The van der Waals surface area contributed by atoms with Gasteiger partial charge in [0.2, 0.25) is 0 Å². The number of esters is 2. The van der Waals surface area contributed by atoms with Gasteiger partial charge in [0.25, 0.3) is 0 Å². The van der Waals surface area contributed by atoms with Crippen LogP contribution in [0.4, 0.5) is 0 Å². The molecule has 0 aromatic carbocycles. The van der Waals surface area contributed by atoms with E-state index in [2.05, 4.69) is 19.1 Å². The molecule has 0 unspecified atom stereocenters. The molecule has 0 amide bonds. The molecular weight excluding hydrogens is 268 g/mol. The van der Waals surface area contributed by atoms with E-state index in [0.717, 1.165) is 24.8 Å². The van der Waals surface area contributed by atoms with E-state index in [0.29, 0.717) is 6.42 Å². The Hall–Kier alpha value is -1.58. The van der Waals surface area contributed by atoms with E-state index >= 15 is 0 Å². The average molecular weight is 293 g/mol. The van der Waals surface area contributed by atoms with Gasteiger partial charge in [-0.2, -0.15) is 0 Å². The molecule has 0 bridgehead atoms. The normalized spacial score (nSPS) is 32.0. The maximum absolute atomic E-state index is 11.8. The summed E-state index contributed by atoms with van der Waals surface area (Å²) in [6, 6.07) is 0. The third-order valence-electron chi connectivity index (χ3n) is 4.65. The molecule has 0 fully saturated rings. The third-order valence-corrected chi connectivity index (χ3v) is 4.65. The van der Waals surface area contributed by atoms with Crippen LogP contribution in [0, 0.1) is 17.2 Å². The van der Waals surface area contributed by atoms with Crippen LogP contribution in [0.3, 0.4) is 0 Å². The lowest BCUT2D eigenvalue weighted by atomic mass is 9.66. The first-order chi connectivity index (χ1) is 10.3. The third kappa shape index (κ3) is 3.36. The molecule has 2 aliphatic rings. The minimum Gasteiger partial charge on any atom is -0.468 e. The molecule has 4 heteroatoms. The van der Waals surface area contributed by atoms with Crippen molar-refractivity contribution < 1.29 is 20.4 Å². The number of hydrogen-bond donors (Lipinski definition) is 0. The Bertz CT molecular complexity index is 509. The van der Waals surface area contributed by atoms with Gasteiger partial charge in [-0.05, 0) is 49.0 Å². The number of fused-ring (bicyclic) bond motifs is 1. The van der Waals surface area contributed by atoms with Crippen LogP contribution >= 0.6 is 0 Å². The van der Waals surface area contributed by atoms with Gasteiger partial charge in [-0.15, -0.1) is 0 Å². The van der Waals surface area contributed by atoms with Gasteiger partial charge < -0.3 is 9.47 Å². The molecule has 2 atom stereocenters. The lowest BCUT2D eigenvalue weighted by molar-refractivity contribution is -0.159. The maximum Gasteiger partial charge on any atom is 0.320 e. The summed E-state index contributed by atoms with van der Waals surface area (Å²) >= 11 is 0. The molecule has 2 rings (SSSR count). The van der Waals surface area contributed by atoms with E-state index in [9.17, 15) is 9.59 Å². The van der Waals surface area contributed by atoms with Crippen LogP contribution in [-0.4, -0.2) is 26.2 Å². The number of allylic oxidation sites excluding steroid dienone is 4.